The number of thiazole rings is 1. The Kier molecular flexibility index (Phi) is 3.49. The molecule has 6 nitrogen and oxygen atoms in total. The standard InChI is InChI=1S/C16H14N6S/c17-7-10-3-4-18-15(5-10)22-16-21-13-2-1-11(6-14(13)23-16)12-8-19-20-9-12/h1-6,8-9H,7,17H2,(H,19,20)(H,18,21,22). The highest BCUT2D eigenvalue weighted by Crippen LogP contribution is 2.31. The molecule has 0 fully saturated rings. The summed E-state index contributed by atoms with van der Waals surface area (Å²) < 4.78 is 1.11. The zero-order chi connectivity index (χ0) is 15.6. The second-order valence-electron chi connectivity index (χ2n) is 5.07. The van der Waals surface area contributed by atoms with Crippen molar-refractivity contribution in [2.24, 2.45) is 5.73 Å². The number of benzene rings is 1. The Labute approximate surface area is 136 Å². The minimum atomic E-state index is 0.491. The van der Waals surface area contributed by atoms with Crippen LogP contribution in [0, 0.1) is 0 Å². The Morgan fingerprint density at radius 2 is 2.13 bits per heavy atom. The number of aromatic amines is 1. The van der Waals surface area contributed by atoms with Gasteiger partial charge in [0.1, 0.15) is 5.82 Å². The summed E-state index contributed by atoms with van der Waals surface area (Å²) >= 11 is 1.59. The van der Waals surface area contributed by atoms with Gasteiger partial charge in [0, 0.05) is 24.5 Å². The first-order chi connectivity index (χ1) is 11.3. The van der Waals surface area contributed by atoms with E-state index in [1.165, 1.54) is 0 Å². The van der Waals surface area contributed by atoms with Gasteiger partial charge in [-0.3, -0.25) is 5.10 Å². The lowest BCUT2D eigenvalue weighted by Gasteiger charge is -2.02. The Balaban J connectivity index is 1.66. The van der Waals surface area contributed by atoms with Crippen LogP contribution in [0.3, 0.4) is 0 Å². The zero-order valence-corrected chi connectivity index (χ0v) is 13.0. The van der Waals surface area contributed by atoms with Crippen LogP contribution in [0.15, 0.2) is 48.9 Å². The molecule has 1 aromatic carbocycles. The molecule has 0 aliphatic carbocycles. The molecule has 0 saturated heterocycles. The number of fused-ring (bicyclic) bond motifs is 1. The smallest absolute Gasteiger partial charge is 0.189 e. The summed E-state index contributed by atoms with van der Waals surface area (Å²) in [6.07, 6.45) is 5.43. The average Bonchev–Trinajstić information content (AvgIpc) is 3.23. The molecule has 0 bridgehead atoms. The molecule has 7 heteroatoms. The molecule has 23 heavy (non-hydrogen) atoms. The summed E-state index contributed by atoms with van der Waals surface area (Å²) in [7, 11) is 0. The summed E-state index contributed by atoms with van der Waals surface area (Å²) in [5.74, 6) is 0.752. The van der Waals surface area contributed by atoms with Crippen LogP contribution >= 0.6 is 11.3 Å². The van der Waals surface area contributed by atoms with Crippen LogP contribution in [-0.4, -0.2) is 20.2 Å². The molecule has 0 spiro atoms. The maximum atomic E-state index is 5.66. The molecular formula is C16H14N6S. The lowest BCUT2D eigenvalue weighted by molar-refractivity contribution is 1.06. The van der Waals surface area contributed by atoms with Gasteiger partial charge in [-0.15, -0.1) is 0 Å². The minimum absolute atomic E-state index is 0.491. The van der Waals surface area contributed by atoms with E-state index >= 15 is 0 Å². The first-order valence-electron chi connectivity index (χ1n) is 7.13. The molecule has 4 aromatic rings. The number of rotatable bonds is 4. The average molecular weight is 322 g/mol. The van der Waals surface area contributed by atoms with Crippen molar-refractivity contribution in [1.82, 2.24) is 20.2 Å². The van der Waals surface area contributed by atoms with Crippen LogP contribution in [-0.2, 0) is 6.54 Å². The zero-order valence-electron chi connectivity index (χ0n) is 12.2. The van der Waals surface area contributed by atoms with Gasteiger partial charge in [0.2, 0.25) is 0 Å². The highest BCUT2D eigenvalue weighted by Gasteiger charge is 2.07. The predicted octanol–water partition coefficient (Wildman–Crippen LogP) is 3.28. The number of anilines is 2. The molecule has 3 heterocycles. The summed E-state index contributed by atoms with van der Waals surface area (Å²) in [5.41, 5.74) is 9.83. The number of H-pyrrole nitrogens is 1. The molecule has 0 amide bonds. The van der Waals surface area contributed by atoms with Gasteiger partial charge in [-0.25, -0.2) is 9.97 Å². The van der Waals surface area contributed by atoms with E-state index in [-0.39, 0.29) is 0 Å². The number of pyridine rings is 1. The van der Waals surface area contributed by atoms with Gasteiger partial charge in [0.25, 0.3) is 0 Å². The van der Waals surface area contributed by atoms with Crippen molar-refractivity contribution in [2.75, 3.05) is 5.32 Å². The highest BCUT2D eigenvalue weighted by atomic mass is 32.1. The second kappa shape index (κ2) is 5.79. The van der Waals surface area contributed by atoms with E-state index in [9.17, 15) is 0 Å². The Hall–Kier alpha value is -2.77. The molecule has 0 aliphatic rings. The van der Waals surface area contributed by atoms with Crippen molar-refractivity contribution in [1.29, 1.82) is 0 Å². The minimum Gasteiger partial charge on any atom is -0.326 e. The Bertz CT molecular complexity index is 944. The molecule has 114 valence electrons. The van der Waals surface area contributed by atoms with Crippen molar-refractivity contribution in [3.8, 4) is 11.1 Å². The maximum absolute atomic E-state index is 5.66. The quantitative estimate of drug-likeness (QED) is 0.536. The summed E-state index contributed by atoms with van der Waals surface area (Å²) in [6.45, 7) is 0.491. The summed E-state index contributed by atoms with van der Waals surface area (Å²) in [5, 5.41) is 10.9. The van der Waals surface area contributed by atoms with Crippen LogP contribution in [0.4, 0.5) is 10.9 Å². The van der Waals surface area contributed by atoms with Crippen molar-refractivity contribution in [2.45, 2.75) is 6.54 Å². The van der Waals surface area contributed by atoms with E-state index in [1.807, 2.05) is 36.7 Å². The lowest BCUT2D eigenvalue weighted by Crippen LogP contribution is -1.99. The van der Waals surface area contributed by atoms with Gasteiger partial charge in [0.05, 0.1) is 16.4 Å². The van der Waals surface area contributed by atoms with E-state index in [0.29, 0.717) is 6.54 Å². The topological polar surface area (TPSA) is 92.5 Å². The summed E-state index contributed by atoms with van der Waals surface area (Å²) in [6, 6.07) is 10.0. The predicted molar refractivity (Wildman–Crippen MR) is 92.6 cm³/mol. The molecule has 0 radical (unpaired) electrons. The number of nitrogens with zero attached hydrogens (tertiary/aromatic N) is 3. The first kappa shape index (κ1) is 13.9. The monoisotopic (exact) mass is 322 g/mol. The van der Waals surface area contributed by atoms with Crippen LogP contribution in [0.25, 0.3) is 21.3 Å². The fourth-order valence-electron chi connectivity index (χ4n) is 2.35. The second-order valence-corrected chi connectivity index (χ2v) is 6.10. The van der Waals surface area contributed by atoms with E-state index in [0.717, 1.165) is 37.9 Å². The number of hydrogen-bond acceptors (Lipinski definition) is 6. The Morgan fingerprint density at radius 1 is 1.17 bits per heavy atom. The largest absolute Gasteiger partial charge is 0.326 e. The molecule has 0 aliphatic heterocycles. The summed E-state index contributed by atoms with van der Waals surface area (Å²) in [4.78, 5) is 8.90. The van der Waals surface area contributed by atoms with E-state index in [1.54, 1.807) is 17.5 Å². The molecule has 0 unspecified atom stereocenters. The van der Waals surface area contributed by atoms with Crippen LogP contribution in [0.5, 0.6) is 0 Å². The lowest BCUT2D eigenvalue weighted by atomic mass is 10.1. The first-order valence-corrected chi connectivity index (χ1v) is 7.95. The molecule has 4 N–H and O–H groups in total. The van der Waals surface area contributed by atoms with Crippen molar-refractivity contribution >= 4 is 32.5 Å². The van der Waals surface area contributed by atoms with Gasteiger partial charge in [-0.2, -0.15) is 5.10 Å². The van der Waals surface area contributed by atoms with Crippen LogP contribution < -0.4 is 11.1 Å². The third kappa shape index (κ3) is 2.79. The molecule has 4 rings (SSSR count). The van der Waals surface area contributed by atoms with Crippen LogP contribution in [0.2, 0.25) is 0 Å². The Morgan fingerprint density at radius 3 is 2.96 bits per heavy atom. The third-order valence-corrected chi connectivity index (χ3v) is 4.45. The number of nitrogens with one attached hydrogen (secondary N) is 2. The van der Waals surface area contributed by atoms with Gasteiger partial charge in [-0.1, -0.05) is 17.4 Å². The molecule has 0 saturated carbocycles. The van der Waals surface area contributed by atoms with E-state index < -0.39 is 0 Å². The van der Waals surface area contributed by atoms with Gasteiger partial charge >= 0.3 is 0 Å². The third-order valence-electron chi connectivity index (χ3n) is 3.52. The van der Waals surface area contributed by atoms with Crippen LogP contribution in [0.1, 0.15) is 5.56 Å². The van der Waals surface area contributed by atoms with Crippen molar-refractivity contribution in [3.05, 3.63) is 54.5 Å². The molecule has 0 atom stereocenters. The van der Waals surface area contributed by atoms with E-state index in [4.69, 9.17) is 5.73 Å². The maximum Gasteiger partial charge on any atom is 0.189 e. The van der Waals surface area contributed by atoms with Gasteiger partial charge in [0.15, 0.2) is 5.13 Å². The van der Waals surface area contributed by atoms with Gasteiger partial charge < -0.3 is 11.1 Å². The molecular weight excluding hydrogens is 308 g/mol. The SMILES string of the molecule is NCc1ccnc(Nc2nc3ccc(-c4cn[nH]c4)cc3s2)c1. The normalized spacial score (nSPS) is 11.0. The van der Waals surface area contributed by atoms with E-state index in [2.05, 4.69) is 31.5 Å². The number of nitrogens with two attached hydrogens (primary N) is 1. The number of aromatic nitrogens is 4. The fourth-order valence-corrected chi connectivity index (χ4v) is 3.26. The number of hydrogen-bond donors (Lipinski definition) is 3. The molecule has 3 aromatic heterocycles. The fraction of sp³-hybridized carbons (Fsp3) is 0.0625. The van der Waals surface area contributed by atoms with Crippen molar-refractivity contribution < 1.29 is 0 Å². The van der Waals surface area contributed by atoms with Crippen molar-refractivity contribution in [3.63, 3.8) is 0 Å². The van der Waals surface area contributed by atoms with Gasteiger partial charge in [-0.05, 0) is 35.4 Å². The highest BCUT2D eigenvalue weighted by molar-refractivity contribution is 7.22.